The van der Waals surface area contributed by atoms with Crippen molar-refractivity contribution in [2.75, 3.05) is 6.61 Å². The van der Waals surface area contributed by atoms with Gasteiger partial charge in [-0.05, 0) is 24.1 Å². The van der Waals surface area contributed by atoms with Gasteiger partial charge >= 0.3 is 0 Å². The van der Waals surface area contributed by atoms with Gasteiger partial charge in [0.2, 0.25) is 0 Å². The van der Waals surface area contributed by atoms with Crippen LogP contribution in [0.15, 0.2) is 24.4 Å². The molecule has 1 heterocycles. The normalized spacial score (nSPS) is 13.1. The quantitative estimate of drug-likeness (QED) is 0.766. The standard InChI is InChI=1S/C13H17ClN2O/c1-2-11(8-17)15-6-9-7-16-13-5-10(14)3-4-12(9)13/h3-5,7,11,15-17H,2,6,8H2,1H3/t11-/m0/s1. The molecule has 3 nitrogen and oxygen atoms in total. The fourth-order valence-electron chi connectivity index (χ4n) is 1.90. The number of rotatable bonds is 5. The number of aromatic amines is 1. The second-order valence-corrected chi connectivity index (χ2v) is 4.61. The van der Waals surface area contributed by atoms with Crippen molar-refractivity contribution in [3.8, 4) is 0 Å². The molecule has 3 N–H and O–H groups in total. The minimum atomic E-state index is 0.159. The number of aromatic nitrogens is 1. The average Bonchev–Trinajstić information content (AvgIpc) is 2.73. The fourth-order valence-corrected chi connectivity index (χ4v) is 2.07. The smallest absolute Gasteiger partial charge is 0.0584 e. The number of hydrogen-bond donors (Lipinski definition) is 3. The SMILES string of the molecule is CC[C@@H](CO)NCc1c[nH]c2cc(Cl)ccc12. The van der Waals surface area contributed by atoms with E-state index in [4.69, 9.17) is 16.7 Å². The van der Waals surface area contributed by atoms with Crippen molar-refractivity contribution in [2.24, 2.45) is 0 Å². The Balaban J connectivity index is 2.14. The van der Waals surface area contributed by atoms with E-state index in [1.165, 1.54) is 10.9 Å². The summed E-state index contributed by atoms with van der Waals surface area (Å²) in [6.07, 6.45) is 2.91. The Bertz CT molecular complexity index is 491. The van der Waals surface area contributed by atoms with Crippen LogP contribution in [0.2, 0.25) is 5.02 Å². The van der Waals surface area contributed by atoms with Crippen LogP contribution in [0.3, 0.4) is 0 Å². The highest BCUT2D eigenvalue weighted by Gasteiger charge is 2.07. The summed E-state index contributed by atoms with van der Waals surface area (Å²) in [5.74, 6) is 0. The van der Waals surface area contributed by atoms with Crippen LogP contribution in [0.4, 0.5) is 0 Å². The first-order valence-electron chi connectivity index (χ1n) is 5.84. The minimum Gasteiger partial charge on any atom is -0.395 e. The molecule has 0 fully saturated rings. The Labute approximate surface area is 106 Å². The number of hydrogen-bond acceptors (Lipinski definition) is 2. The molecule has 1 aromatic carbocycles. The van der Waals surface area contributed by atoms with Crippen LogP contribution in [0.5, 0.6) is 0 Å². The number of aliphatic hydroxyl groups is 1. The topological polar surface area (TPSA) is 48.0 Å². The molecule has 0 amide bonds. The predicted molar refractivity (Wildman–Crippen MR) is 71.3 cm³/mol. The molecule has 0 aliphatic carbocycles. The van der Waals surface area contributed by atoms with Crippen LogP contribution >= 0.6 is 11.6 Å². The molecule has 1 atom stereocenters. The summed E-state index contributed by atoms with van der Waals surface area (Å²) in [4.78, 5) is 3.20. The third-order valence-electron chi connectivity index (χ3n) is 3.02. The third-order valence-corrected chi connectivity index (χ3v) is 3.26. The lowest BCUT2D eigenvalue weighted by atomic mass is 10.1. The molecule has 4 heteroatoms. The van der Waals surface area contributed by atoms with Crippen molar-refractivity contribution >= 4 is 22.5 Å². The van der Waals surface area contributed by atoms with Crippen LogP contribution in [0.25, 0.3) is 10.9 Å². The van der Waals surface area contributed by atoms with E-state index in [1.54, 1.807) is 0 Å². The number of fused-ring (bicyclic) bond motifs is 1. The predicted octanol–water partition coefficient (Wildman–Crippen LogP) is 2.68. The Morgan fingerprint density at radius 2 is 2.29 bits per heavy atom. The molecule has 0 saturated heterocycles. The number of nitrogens with one attached hydrogen (secondary N) is 2. The Morgan fingerprint density at radius 3 is 3.00 bits per heavy atom. The summed E-state index contributed by atoms with van der Waals surface area (Å²) in [5, 5.41) is 14.4. The van der Waals surface area contributed by atoms with Crippen molar-refractivity contribution in [2.45, 2.75) is 25.9 Å². The van der Waals surface area contributed by atoms with Gasteiger partial charge in [-0.2, -0.15) is 0 Å². The van der Waals surface area contributed by atoms with Gasteiger partial charge in [-0.1, -0.05) is 24.6 Å². The Morgan fingerprint density at radius 1 is 1.47 bits per heavy atom. The first-order valence-corrected chi connectivity index (χ1v) is 6.22. The summed E-state index contributed by atoms with van der Waals surface area (Å²) in [6, 6.07) is 5.99. The fraction of sp³-hybridized carbons (Fsp3) is 0.385. The van der Waals surface area contributed by atoms with E-state index >= 15 is 0 Å². The zero-order chi connectivity index (χ0) is 12.3. The highest BCUT2D eigenvalue weighted by molar-refractivity contribution is 6.31. The Hall–Kier alpha value is -1.03. The molecular formula is C13H17ClN2O. The van der Waals surface area contributed by atoms with Crippen LogP contribution in [-0.4, -0.2) is 22.7 Å². The largest absolute Gasteiger partial charge is 0.395 e. The molecule has 2 aromatic rings. The summed E-state index contributed by atoms with van der Waals surface area (Å²) in [6.45, 7) is 2.98. The summed E-state index contributed by atoms with van der Waals surface area (Å²) in [5.41, 5.74) is 2.25. The number of aliphatic hydroxyl groups excluding tert-OH is 1. The van der Waals surface area contributed by atoms with Gasteiger partial charge in [0.25, 0.3) is 0 Å². The number of benzene rings is 1. The molecule has 0 aliphatic rings. The van der Waals surface area contributed by atoms with Crippen LogP contribution < -0.4 is 5.32 Å². The zero-order valence-corrected chi connectivity index (χ0v) is 10.6. The monoisotopic (exact) mass is 252 g/mol. The van der Waals surface area contributed by atoms with E-state index in [2.05, 4.69) is 17.2 Å². The molecule has 17 heavy (non-hydrogen) atoms. The van der Waals surface area contributed by atoms with E-state index in [1.807, 2.05) is 24.4 Å². The lowest BCUT2D eigenvalue weighted by molar-refractivity contribution is 0.238. The summed E-state index contributed by atoms with van der Waals surface area (Å²) < 4.78 is 0. The van der Waals surface area contributed by atoms with Gasteiger partial charge in [0.1, 0.15) is 0 Å². The van der Waals surface area contributed by atoms with Gasteiger partial charge in [-0.25, -0.2) is 0 Å². The maximum absolute atomic E-state index is 9.12. The molecule has 92 valence electrons. The van der Waals surface area contributed by atoms with Gasteiger partial charge in [-0.3, -0.25) is 0 Å². The first-order chi connectivity index (χ1) is 8.24. The average molecular weight is 253 g/mol. The van der Waals surface area contributed by atoms with E-state index in [9.17, 15) is 0 Å². The van der Waals surface area contributed by atoms with E-state index in [0.29, 0.717) is 0 Å². The minimum absolute atomic E-state index is 0.159. The maximum Gasteiger partial charge on any atom is 0.0584 e. The molecule has 0 spiro atoms. The zero-order valence-electron chi connectivity index (χ0n) is 9.83. The highest BCUT2D eigenvalue weighted by atomic mass is 35.5. The molecule has 0 bridgehead atoms. The third kappa shape index (κ3) is 2.80. The summed E-state index contributed by atoms with van der Waals surface area (Å²) in [7, 11) is 0. The molecule has 0 unspecified atom stereocenters. The van der Waals surface area contributed by atoms with E-state index < -0.39 is 0 Å². The van der Waals surface area contributed by atoms with E-state index in [-0.39, 0.29) is 12.6 Å². The Kier molecular flexibility index (Phi) is 4.05. The summed E-state index contributed by atoms with van der Waals surface area (Å²) >= 11 is 5.93. The number of halogens is 1. The maximum atomic E-state index is 9.12. The van der Waals surface area contributed by atoms with Crippen LogP contribution in [0.1, 0.15) is 18.9 Å². The molecule has 0 saturated carbocycles. The lowest BCUT2D eigenvalue weighted by Gasteiger charge is -2.13. The van der Waals surface area contributed by atoms with Gasteiger partial charge in [0, 0.05) is 34.7 Å². The van der Waals surface area contributed by atoms with Gasteiger partial charge in [-0.15, -0.1) is 0 Å². The van der Waals surface area contributed by atoms with Crippen molar-refractivity contribution in [1.29, 1.82) is 0 Å². The van der Waals surface area contributed by atoms with Gasteiger partial charge in [0.15, 0.2) is 0 Å². The molecular weight excluding hydrogens is 236 g/mol. The van der Waals surface area contributed by atoms with Crippen LogP contribution in [-0.2, 0) is 6.54 Å². The van der Waals surface area contributed by atoms with Gasteiger partial charge < -0.3 is 15.4 Å². The number of H-pyrrole nitrogens is 1. The van der Waals surface area contributed by atoms with Gasteiger partial charge in [0.05, 0.1) is 6.61 Å². The van der Waals surface area contributed by atoms with Crippen molar-refractivity contribution in [3.05, 3.63) is 35.0 Å². The second kappa shape index (κ2) is 5.54. The van der Waals surface area contributed by atoms with Crippen LogP contribution in [0, 0.1) is 0 Å². The first kappa shape index (κ1) is 12.4. The molecule has 0 aliphatic heterocycles. The van der Waals surface area contributed by atoms with E-state index in [0.717, 1.165) is 23.5 Å². The van der Waals surface area contributed by atoms with Crippen molar-refractivity contribution in [3.63, 3.8) is 0 Å². The highest BCUT2D eigenvalue weighted by Crippen LogP contribution is 2.21. The molecule has 0 radical (unpaired) electrons. The van der Waals surface area contributed by atoms with Crippen molar-refractivity contribution in [1.82, 2.24) is 10.3 Å². The lowest BCUT2D eigenvalue weighted by Crippen LogP contribution is -2.31. The van der Waals surface area contributed by atoms with Crippen molar-refractivity contribution < 1.29 is 5.11 Å². The molecule has 1 aromatic heterocycles. The second-order valence-electron chi connectivity index (χ2n) is 4.17. The molecule has 2 rings (SSSR count).